The van der Waals surface area contributed by atoms with Crippen molar-refractivity contribution in [2.75, 3.05) is 26.5 Å². The third kappa shape index (κ3) is 6.65. The monoisotopic (exact) mass is 496 g/mol. The zero-order valence-corrected chi connectivity index (χ0v) is 20.6. The van der Waals surface area contributed by atoms with Crippen LogP contribution in [0, 0.1) is 0 Å². The normalized spacial score (nSPS) is 11.2. The average molecular weight is 497 g/mol. The molecule has 10 heteroatoms. The van der Waals surface area contributed by atoms with Crippen LogP contribution in [0.15, 0.2) is 71.9 Å². The molecule has 0 atom stereocenters. The minimum atomic E-state index is -3.62. The summed E-state index contributed by atoms with van der Waals surface area (Å²) in [7, 11) is 0.773. The van der Waals surface area contributed by atoms with E-state index in [9.17, 15) is 18.0 Å². The van der Waals surface area contributed by atoms with Gasteiger partial charge in [-0.2, -0.15) is 0 Å². The van der Waals surface area contributed by atoms with Crippen LogP contribution >= 0.6 is 0 Å². The Morgan fingerprint density at radius 2 is 1.83 bits per heavy atom. The molecule has 0 aliphatic rings. The number of hydrogen-bond acceptors (Lipinski definition) is 6. The largest absolute Gasteiger partial charge is 0.496 e. The zero-order valence-electron chi connectivity index (χ0n) is 19.8. The number of pyridine rings is 1. The molecule has 0 saturated heterocycles. The van der Waals surface area contributed by atoms with Gasteiger partial charge >= 0.3 is 0 Å². The van der Waals surface area contributed by atoms with Gasteiger partial charge in [0, 0.05) is 39.5 Å². The van der Waals surface area contributed by atoms with E-state index in [1.165, 1.54) is 33.3 Å². The number of aryl methyl sites for hydroxylation is 1. The fourth-order valence-corrected chi connectivity index (χ4v) is 4.31. The molecule has 2 N–H and O–H groups in total. The Hall–Kier alpha value is -3.76. The van der Waals surface area contributed by atoms with Crippen molar-refractivity contribution < 1.29 is 22.7 Å². The van der Waals surface area contributed by atoms with E-state index < -0.39 is 10.0 Å². The highest BCUT2D eigenvalue weighted by molar-refractivity contribution is 7.89. The van der Waals surface area contributed by atoms with Crippen molar-refractivity contribution in [3.05, 3.63) is 83.7 Å². The van der Waals surface area contributed by atoms with E-state index >= 15 is 0 Å². The lowest BCUT2D eigenvalue weighted by atomic mass is 10.1. The Bertz CT molecular complexity index is 1290. The number of methoxy groups -OCH3 is 1. The number of hydrogen-bond donors (Lipinski definition) is 2. The number of aromatic nitrogens is 1. The topological polar surface area (TPSA) is 118 Å². The number of nitrogens with zero attached hydrogens (tertiary/aromatic N) is 2. The summed E-state index contributed by atoms with van der Waals surface area (Å²) in [6.07, 6.45) is 3.64. The molecule has 0 aliphatic carbocycles. The molecule has 0 radical (unpaired) electrons. The molecule has 35 heavy (non-hydrogen) atoms. The van der Waals surface area contributed by atoms with E-state index in [2.05, 4.69) is 15.6 Å². The zero-order chi connectivity index (χ0) is 25.4. The fraction of sp³-hybridized carbons (Fsp3) is 0.240. The standard InChI is InChI=1S/C25H28N4O5S/c1-29(2)35(32,33)20-11-12-23(34-3)19(15-20)10-13-24(30)28-22-9-5-4-8-21(22)25(31)27-17-18-7-6-14-26-16-18/h4-9,11-12,14-16H,10,13,17H2,1-3H3,(H,27,31)(H,28,30). The van der Waals surface area contributed by atoms with Gasteiger partial charge in [0.15, 0.2) is 0 Å². The predicted octanol–water partition coefficient (Wildman–Crippen LogP) is 2.84. The molecule has 0 bridgehead atoms. The molecular formula is C25H28N4O5S. The van der Waals surface area contributed by atoms with Crippen LogP contribution in [0.3, 0.4) is 0 Å². The average Bonchev–Trinajstić information content (AvgIpc) is 2.86. The summed E-state index contributed by atoms with van der Waals surface area (Å²) in [5.41, 5.74) is 2.17. The van der Waals surface area contributed by atoms with E-state index in [1.54, 1.807) is 48.8 Å². The third-order valence-corrected chi connectivity index (χ3v) is 7.08. The molecule has 2 amide bonds. The van der Waals surface area contributed by atoms with Gasteiger partial charge in [0.1, 0.15) is 5.75 Å². The van der Waals surface area contributed by atoms with E-state index in [-0.39, 0.29) is 29.6 Å². The Morgan fingerprint density at radius 3 is 2.51 bits per heavy atom. The molecule has 9 nitrogen and oxygen atoms in total. The highest BCUT2D eigenvalue weighted by Crippen LogP contribution is 2.25. The SMILES string of the molecule is COc1ccc(S(=O)(=O)N(C)C)cc1CCC(=O)Nc1ccccc1C(=O)NCc1cccnc1. The quantitative estimate of drug-likeness (QED) is 0.446. The molecule has 1 aromatic heterocycles. The Balaban J connectivity index is 1.68. The number of anilines is 1. The van der Waals surface area contributed by atoms with Crippen LogP contribution in [-0.2, 0) is 27.8 Å². The van der Waals surface area contributed by atoms with Crippen molar-refractivity contribution in [1.82, 2.24) is 14.6 Å². The van der Waals surface area contributed by atoms with Gasteiger partial charge in [-0.3, -0.25) is 14.6 Å². The van der Waals surface area contributed by atoms with Crippen LogP contribution in [-0.4, -0.2) is 50.7 Å². The van der Waals surface area contributed by atoms with E-state index in [0.717, 1.165) is 9.87 Å². The second-order valence-electron chi connectivity index (χ2n) is 7.90. The first-order chi connectivity index (χ1) is 16.7. The molecule has 0 spiro atoms. The number of benzene rings is 2. The van der Waals surface area contributed by atoms with Crippen LogP contribution in [0.4, 0.5) is 5.69 Å². The third-order valence-electron chi connectivity index (χ3n) is 5.27. The van der Waals surface area contributed by atoms with Gasteiger partial charge in [-0.05, 0) is 53.9 Å². The molecule has 184 valence electrons. The lowest BCUT2D eigenvalue weighted by molar-refractivity contribution is -0.116. The molecule has 3 rings (SSSR count). The van der Waals surface area contributed by atoms with Crippen LogP contribution in [0.1, 0.15) is 27.9 Å². The van der Waals surface area contributed by atoms with Crippen LogP contribution < -0.4 is 15.4 Å². The highest BCUT2D eigenvalue weighted by atomic mass is 32.2. The van der Waals surface area contributed by atoms with Crippen LogP contribution in [0.2, 0.25) is 0 Å². The van der Waals surface area contributed by atoms with Gasteiger partial charge < -0.3 is 15.4 Å². The summed E-state index contributed by atoms with van der Waals surface area (Å²) < 4.78 is 31.4. The Morgan fingerprint density at radius 1 is 1.06 bits per heavy atom. The van der Waals surface area contributed by atoms with Crippen molar-refractivity contribution >= 4 is 27.5 Å². The summed E-state index contributed by atoms with van der Waals surface area (Å²) in [6.45, 7) is 0.306. The number of nitrogens with one attached hydrogen (secondary N) is 2. The Labute approximate surface area is 205 Å². The van der Waals surface area contributed by atoms with Crippen LogP contribution in [0.5, 0.6) is 5.75 Å². The maximum Gasteiger partial charge on any atom is 0.253 e. The summed E-state index contributed by atoms with van der Waals surface area (Å²) in [4.78, 5) is 29.6. The fourth-order valence-electron chi connectivity index (χ4n) is 3.35. The van der Waals surface area contributed by atoms with E-state index in [4.69, 9.17) is 4.74 Å². The van der Waals surface area contributed by atoms with Crippen molar-refractivity contribution in [2.24, 2.45) is 0 Å². The highest BCUT2D eigenvalue weighted by Gasteiger charge is 2.20. The van der Waals surface area contributed by atoms with E-state index in [1.807, 2.05) is 6.07 Å². The summed E-state index contributed by atoms with van der Waals surface area (Å²) >= 11 is 0. The number of carbonyl (C=O) groups excluding carboxylic acids is 2. The lowest BCUT2D eigenvalue weighted by Crippen LogP contribution is -2.25. The number of rotatable bonds is 10. The smallest absolute Gasteiger partial charge is 0.253 e. The summed E-state index contributed by atoms with van der Waals surface area (Å²) in [6, 6.07) is 14.9. The van der Waals surface area contributed by atoms with Gasteiger partial charge in [0.2, 0.25) is 15.9 Å². The van der Waals surface area contributed by atoms with Crippen LogP contribution in [0.25, 0.3) is 0 Å². The minimum absolute atomic E-state index is 0.0630. The van der Waals surface area contributed by atoms with Crippen molar-refractivity contribution in [3.63, 3.8) is 0 Å². The number of amides is 2. The number of sulfonamides is 1. The first-order valence-corrected chi connectivity index (χ1v) is 12.3. The first kappa shape index (κ1) is 25.9. The molecule has 0 unspecified atom stereocenters. The van der Waals surface area contributed by atoms with Gasteiger partial charge in [-0.15, -0.1) is 0 Å². The molecular weight excluding hydrogens is 468 g/mol. The molecule has 0 fully saturated rings. The van der Waals surface area contributed by atoms with Crippen molar-refractivity contribution in [3.8, 4) is 5.75 Å². The Kier molecular flexibility index (Phi) is 8.56. The first-order valence-electron chi connectivity index (χ1n) is 10.9. The summed E-state index contributed by atoms with van der Waals surface area (Å²) in [5.74, 6) is -0.154. The van der Waals surface area contributed by atoms with Gasteiger partial charge in [0.05, 0.1) is 23.3 Å². The number of carbonyl (C=O) groups is 2. The second-order valence-corrected chi connectivity index (χ2v) is 10.1. The van der Waals surface area contributed by atoms with E-state index in [0.29, 0.717) is 29.1 Å². The lowest BCUT2D eigenvalue weighted by Gasteiger charge is -2.15. The molecule has 3 aromatic rings. The number of para-hydroxylation sites is 1. The minimum Gasteiger partial charge on any atom is -0.496 e. The number of ether oxygens (including phenoxy) is 1. The van der Waals surface area contributed by atoms with Gasteiger partial charge in [0.25, 0.3) is 5.91 Å². The van der Waals surface area contributed by atoms with Crippen molar-refractivity contribution in [1.29, 1.82) is 0 Å². The van der Waals surface area contributed by atoms with Gasteiger partial charge in [-0.25, -0.2) is 12.7 Å². The predicted molar refractivity (Wildman–Crippen MR) is 133 cm³/mol. The molecule has 0 aliphatic heterocycles. The summed E-state index contributed by atoms with van der Waals surface area (Å²) in [5, 5.41) is 5.60. The maximum absolute atomic E-state index is 12.7. The van der Waals surface area contributed by atoms with Crippen molar-refractivity contribution in [2.45, 2.75) is 24.3 Å². The second kappa shape index (κ2) is 11.6. The maximum atomic E-state index is 12.7. The molecule has 1 heterocycles. The molecule has 2 aromatic carbocycles. The molecule has 0 saturated carbocycles. The van der Waals surface area contributed by atoms with Gasteiger partial charge in [-0.1, -0.05) is 18.2 Å².